The average Bonchev–Trinajstić information content (AvgIpc) is 3.44. The van der Waals surface area contributed by atoms with Crippen LogP contribution < -0.4 is 9.46 Å². The Morgan fingerprint density at radius 1 is 1.14 bits per heavy atom. The van der Waals surface area contributed by atoms with Crippen LogP contribution in [0.2, 0.25) is 0 Å². The van der Waals surface area contributed by atoms with E-state index in [1.54, 1.807) is 25.1 Å². The number of ether oxygens (including phenoxy) is 1. The molecule has 1 N–H and O–H groups in total. The maximum absolute atomic E-state index is 12.6. The fraction of sp³-hybridized carbons (Fsp3) is 0.286. The van der Waals surface area contributed by atoms with Crippen LogP contribution in [0.25, 0.3) is 11.0 Å². The van der Waals surface area contributed by atoms with E-state index >= 15 is 0 Å². The number of fused-ring (bicyclic) bond motifs is 1. The lowest BCUT2D eigenvalue weighted by Gasteiger charge is -2.08. The summed E-state index contributed by atoms with van der Waals surface area (Å²) in [6, 6.07) is 13.2. The first kappa shape index (κ1) is 18.6. The highest BCUT2D eigenvalue weighted by atomic mass is 32.2. The monoisotopic (exact) mass is 399 g/mol. The van der Waals surface area contributed by atoms with Crippen molar-refractivity contribution >= 4 is 26.9 Å². The van der Waals surface area contributed by atoms with Crippen molar-refractivity contribution < 1.29 is 22.4 Å². The van der Waals surface area contributed by atoms with E-state index in [-0.39, 0.29) is 5.56 Å². The average molecular weight is 399 g/mol. The summed E-state index contributed by atoms with van der Waals surface area (Å²) in [5.74, 6) is 0.279. The van der Waals surface area contributed by atoms with E-state index in [1.807, 2.05) is 31.2 Å². The number of carbonyl (C=O) groups is 1. The molecule has 1 aliphatic rings. The van der Waals surface area contributed by atoms with E-state index < -0.39 is 21.2 Å². The summed E-state index contributed by atoms with van der Waals surface area (Å²) in [7, 11) is -3.63. The minimum absolute atomic E-state index is 0.222. The smallest absolute Gasteiger partial charge is 0.268 e. The lowest BCUT2D eigenvalue weighted by Crippen LogP contribution is -2.33. The van der Waals surface area contributed by atoms with Crippen molar-refractivity contribution in [1.29, 1.82) is 0 Å². The summed E-state index contributed by atoms with van der Waals surface area (Å²) >= 11 is 0. The van der Waals surface area contributed by atoms with E-state index in [4.69, 9.17) is 9.15 Å². The van der Waals surface area contributed by atoms with Crippen LogP contribution in [-0.4, -0.2) is 19.6 Å². The second-order valence-corrected chi connectivity index (χ2v) is 9.10. The summed E-state index contributed by atoms with van der Waals surface area (Å²) < 4.78 is 37.9. The number of rotatable bonds is 6. The van der Waals surface area contributed by atoms with Crippen molar-refractivity contribution in [2.45, 2.75) is 38.5 Å². The first-order valence-corrected chi connectivity index (χ1v) is 10.7. The maximum Gasteiger partial charge on any atom is 0.268 e. The van der Waals surface area contributed by atoms with Crippen molar-refractivity contribution in [2.75, 3.05) is 0 Å². The van der Waals surface area contributed by atoms with Gasteiger partial charge in [-0.2, -0.15) is 0 Å². The van der Waals surface area contributed by atoms with Gasteiger partial charge in [0.05, 0.1) is 10.8 Å². The van der Waals surface area contributed by atoms with Gasteiger partial charge < -0.3 is 9.15 Å². The van der Waals surface area contributed by atoms with Crippen LogP contribution in [0.1, 0.15) is 40.1 Å². The molecule has 6 nitrogen and oxygen atoms in total. The van der Waals surface area contributed by atoms with Gasteiger partial charge in [-0.3, -0.25) is 4.79 Å². The van der Waals surface area contributed by atoms with Crippen LogP contribution in [0.5, 0.6) is 5.75 Å². The van der Waals surface area contributed by atoms with E-state index in [1.165, 1.54) is 5.56 Å². The normalized spacial score (nSPS) is 14.2. The quantitative estimate of drug-likeness (QED) is 0.680. The summed E-state index contributed by atoms with van der Waals surface area (Å²) in [6.07, 6.45) is 1.18. The van der Waals surface area contributed by atoms with Gasteiger partial charge in [-0.05, 0) is 50.5 Å². The molecule has 0 radical (unpaired) electrons. The largest absolute Gasteiger partial charge is 0.489 e. The zero-order chi connectivity index (χ0) is 19.9. The highest BCUT2D eigenvalue weighted by Gasteiger charge is 2.37. The van der Waals surface area contributed by atoms with E-state index in [2.05, 4.69) is 4.72 Å². The molecule has 1 amide bonds. The Hall–Kier alpha value is -2.80. The molecule has 0 saturated heterocycles. The van der Waals surface area contributed by atoms with Gasteiger partial charge in [-0.1, -0.05) is 29.8 Å². The van der Waals surface area contributed by atoms with Gasteiger partial charge in [0.15, 0.2) is 0 Å². The third-order valence-corrected chi connectivity index (χ3v) is 6.61. The van der Waals surface area contributed by atoms with Gasteiger partial charge in [0, 0.05) is 5.39 Å². The van der Waals surface area contributed by atoms with Crippen molar-refractivity contribution in [3.8, 4) is 5.75 Å². The van der Waals surface area contributed by atoms with E-state index in [0.29, 0.717) is 41.9 Å². The van der Waals surface area contributed by atoms with Gasteiger partial charge in [0.25, 0.3) is 5.91 Å². The maximum atomic E-state index is 12.6. The molecule has 2 aromatic carbocycles. The van der Waals surface area contributed by atoms with Crippen molar-refractivity contribution in [3.63, 3.8) is 0 Å². The predicted octanol–water partition coefficient (Wildman–Crippen LogP) is 3.85. The van der Waals surface area contributed by atoms with Gasteiger partial charge in [0.1, 0.15) is 23.7 Å². The van der Waals surface area contributed by atoms with Gasteiger partial charge in [0.2, 0.25) is 10.0 Å². The minimum atomic E-state index is -3.63. The molecule has 3 aromatic rings. The number of hydrogen-bond acceptors (Lipinski definition) is 5. The van der Waals surface area contributed by atoms with Crippen LogP contribution >= 0.6 is 0 Å². The molecule has 0 aliphatic heterocycles. The molecule has 1 saturated carbocycles. The number of aryl methyl sites for hydroxylation is 2. The summed E-state index contributed by atoms with van der Waals surface area (Å²) in [4.78, 5) is 12.6. The predicted molar refractivity (Wildman–Crippen MR) is 106 cm³/mol. The van der Waals surface area contributed by atoms with Crippen LogP contribution in [0.4, 0.5) is 0 Å². The third kappa shape index (κ3) is 3.75. The SMILES string of the molecule is Cc1ccc(COc2ccc3oc(C)c(C(=O)NS(=O)(=O)C4CC4)c3c2)cc1. The Bertz CT molecular complexity index is 1140. The molecule has 1 heterocycles. The van der Waals surface area contributed by atoms with Crippen molar-refractivity contribution in [1.82, 2.24) is 4.72 Å². The first-order chi connectivity index (χ1) is 13.3. The summed E-state index contributed by atoms with van der Waals surface area (Å²) in [5.41, 5.74) is 2.94. The second kappa shape index (κ2) is 6.98. The molecule has 1 fully saturated rings. The highest BCUT2D eigenvalue weighted by molar-refractivity contribution is 7.91. The van der Waals surface area contributed by atoms with Crippen LogP contribution in [-0.2, 0) is 16.6 Å². The zero-order valence-electron chi connectivity index (χ0n) is 15.7. The molecular weight excluding hydrogens is 378 g/mol. The molecule has 0 spiro atoms. The molecule has 28 heavy (non-hydrogen) atoms. The Labute approximate surface area is 163 Å². The third-order valence-electron chi connectivity index (χ3n) is 4.79. The number of sulfonamides is 1. The standard InChI is InChI=1S/C21H21NO5S/c1-13-3-5-15(6-4-13)12-26-16-7-10-19-18(11-16)20(14(2)27-19)21(23)22-28(24,25)17-8-9-17/h3-7,10-11,17H,8-9,12H2,1-2H3,(H,22,23). The Morgan fingerprint density at radius 3 is 2.54 bits per heavy atom. The Balaban J connectivity index is 1.58. The number of amides is 1. The Morgan fingerprint density at radius 2 is 1.86 bits per heavy atom. The topological polar surface area (TPSA) is 85.6 Å². The lowest BCUT2D eigenvalue weighted by atomic mass is 10.1. The molecule has 0 atom stereocenters. The highest BCUT2D eigenvalue weighted by Crippen LogP contribution is 2.31. The summed E-state index contributed by atoms with van der Waals surface area (Å²) in [6.45, 7) is 4.06. The van der Waals surface area contributed by atoms with Gasteiger partial charge >= 0.3 is 0 Å². The van der Waals surface area contributed by atoms with Crippen LogP contribution in [0.3, 0.4) is 0 Å². The number of hydrogen-bond donors (Lipinski definition) is 1. The minimum Gasteiger partial charge on any atom is -0.489 e. The fourth-order valence-corrected chi connectivity index (χ4v) is 4.35. The van der Waals surface area contributed by atoms with Crippen molar-refractivity contribution in [3.05, 3.63) is 64.9 Å². The fourth-order valence-electron chi connectivity index (χ4n) is 3.06. The first-order valence-electron chi connectivity index (χ1n) is 9.11. The zero-order valence-corrected chi connectivity index (χ0v) is 16.5. The lowest BCUT2D eigenvalue weighted by molar-refractivity contribution is 0.0981. The molecule has 146 valence electrons. The summed E-state index contributed by atoms with van der Waals surface area (Å²) in [5, 5.41) is 0.0609. The molecule has 0 bridgehead atoms. The van der Waals surface area contributed by atoms with E-state index in [9.17, 15) is 13.2 Å². The van der Waals surface area contributed by atoms with E-state index in [0.717, 1.165) is 5.56 Å². The number of carbonyl (C=O) groups excluding carboxylic acids is 1. The second-order valence-electron chi connectivity index (χ2n) is 7.14. The van der Waals surface area contributed by atoms with Crippen molar-refractivity contribution in [2.24, 2.45) is 0 Å². The van der Waals surface area contributed by atoms with Crippen LogP contribution in [0.15, 0.2) is 46.9 Å². The molecule has 7 heteroatoms. The Kier molecular flexibility index (Phi) is 4.63. The number of furan rings is 1. The molecule has 1 aliphatic carbocycles. The van der Waals surface area contributed by atoms with Gasteiger partial charge in [-0.15, -0.1) is 0 Å². The molecule has 4 rings (SSSR count). The van der Waals surface area contributed by atoms with Gasteiger partial charge in [-0.25, -0.2) is 13.1 Å². The molecule has 0 unspecified atom stereocenters. The molecular formula is C21H21NO5S. The van der Waals surface area contributed by atoms with Crippen LogP contribution in [0, 0.1) is 13.8 Å². The number of nitrogens with one attached hydrogen (secondary N) is 1. The molecule has 1 aromatic heterocycles. The number of benzene rings is 2.